The molecule has 0 radical (unpaired) electrons. The van der Waals surface area contributed by atoms with E-state index in [-0.39, 0.29) is 5.13 Å². The Labute approximate surface area is 123 Å². The summed E-state index contributed by atoms with van der Waals surface area (Å²) in [6.45, 7) is 1.20. The van der Waals surface area contributed by atoms with Gasteiger partial charge in [-0.25, -0.2) is 4.98 Å². The summed E-state index contributed by atoms with van der Waals surface area (Å²) < 4.78 is 39.6. The lowest BCUT2D eigenvalue weighted by atomic mass is 10.2. The van der Waals surface area contributed by atoms with Crippen molar-refractivity contribution in [2.24, 2.45) is 0 Å². The van der Waals surface area contributed by atoms with Gasteiger partial charge in [-0.3, -0.25) is 0 Å². The van der Waals surface area contributed by atoms with E-state index in [0.29, 0.717) is 17.9 Å². The maximum atomic E-state index is 12.5. The van der Waals surface area contributed by atoms with Crippen molar-refractivity contribution in [2.45, 2.75) is 44.9 Å². The number of anilines is 1. The molecule has 2 aromatic heterocycles. The first kappa shape index (κ1) is 14.3. The Morgan fingerprint density at radius 3 is 2.86 bits per heavy atom. The van der Waals surface area contributed by atoms with Gasteiger partial charge in [-0.2, -0.15) is 13.2 Å². The summed E-state index contributed by atoms with van der Waals surface area (Å²) in [5, 5.41) is 11.4. The van der Waals surface area contributed by atoms with Crippen LogP contribution < -0.4 is 5.32 Å². The van der Waals surface area contributed by atoms with Crippen LogP contribution in [0.5, 0.6) is 0 Å². The molecule has 0 amide bonds. The normalized spacial score (nSPS) is 15.6. The third-order valence-electron chi connectivity index (χ3n) is 3.37. The Morgan fingerprint density at radius 1 is 1.24 bits per heavy atom. The second-order valence-electron chi connectivity index (χ2n) is 4.88. The van der Waals surface area contributed by atoms with Gasteiger partial charge in [0.2, 0.25) is 0 Å². The van der Waals surface area contributed by atoms with Gasteiger partial charge in [-0.05, 0) is 12.8 Å². The van der Waals surface area contributed by atoms with Gasteiger partial charge in [0.15, 0.2) is 11.0 Å². The van der Waals surface area contributed by atoms with E-state index < -0.39 is 11.1 Å². The Balaban J connectivity index is 1.68. The first-order chi connectivity index (χ1) is 10.0. The highest BCUT2D eigenvalue weighted by Crippen LogP contribution is 2.35. The molecule has 0 bridgehead atoms. The molecule has 1 aliphatic rings. The van der Waals surface area contributed by atoms with Crippen LogP contribution >= 0.6 is 11.3 Å². The molecule has 0 atom stereocenters. The molecule has 0 spiro atoms. The van der Waals surface area contributed by atoms with Crippen molar-refractivity contribution in [3.05, 3.63) is 22.7 Å². The second-order valence-corrected chi connectivity index (χ2v) is 5.91. The Morgan fingerprint density at radius 2 is 2.10 bits per heavy atom. The summed E-state index contributed by atoms with van der Waals surface area (Å²) in [6.07, 6.45) is 0.751. The smallest absolute Gasteiger partial charge is 0.354 e. The van der Waals surface area contributed by atoms with E-state index in [9.17, 15) is 13.2 Å². The molecule has 2 aromatic rings. The number of aromatic nitrogens is 4. The number of nitrogens with one attached hydrogen (secondary N) is 1. The summed E-state index contributed by atoms with van der Waals surface area (Å²) in [6, 6.07) is 0. The highest BCUT2D eigenvalue weighted by molar-refractivity contribution is 7.15. The van der Waals surface area contributed by atoms with Gasteiger partial charge in [0.1, 0.15) is 10.7 Å². The third kappa shape index (κ3) is 3.17. The number of hydrogen-bond donors (Lipinski definition) is 1. The van der Waals surface area contributed by atoms with Crippen LogP contribution in [0.25, 0.3) is 0 Å². The van der Waals surface area contributed by atoms with Crippen molar-refractivity contribution in [1.82, 2.24) is 19.7 Å². The van der Waals surface area contributed by atoms with Crippen LogP contribution in [0.1, 0.15) is 35.8 Å². The monoisotopic (exact) mass is 317 g/mol. The second kappa shape index (κ2) is 5.63. The zero-order chi connectivity index (χ0) is 14.9. The average molecular weight is 317 g/mol. The predicted octanol–water partition coefficient (Wildman–Crippen LogP) is 3.09. The number of aryl methyl sites for hydroxylation is 1. The molecule has 1 N–H and O–H groups in total. The average Bonchev–Trinajstić information content (AvgIpc) is 2.98. The van der Waals surface area contributed by atoms with Crippen LogP contribution in [0.4, 0.5) is 18.3 Å². The molecular weight excluding hydrogens is 303 g/mol. The van der Waals surface area contributed by atoms with Gasteiger partial charge < -0.3 is 9.88 Å². The minimum absolute atomic E-state index is 0.244. The Hall–Kier alpha value is -1.64. The van der Waals surface area contributed by atoms with Gasteiger partial charge >= 0.3 is 6.18 Å². The SMILES string of the molecule is FC(F)(F)c1cnc(NCc2nnc3n2CCCCC3)s1. The standard InChI is InChI=1S/C12H14F3N5S/c13-12(14,15)8-6-16-11(21-8)17-7-10-19-18-9-4-2-1-3-5-20(9)10/h6H,1-5,7H2,(H,16,17). The Bertz CT molecular complexity index is 619. The predicted molar refractivity (Wildman–Crippen MR) is 72.0 cm³/mol. The quantitative estimate of drug-likeness (QED) is 0.945. The molecule has 0 aromatic carbocycles. The molecular formula is C12H14F3N5S. The molecule has 1 aliphatic heterocycles. The highest BCUT2D eigenvalue weighted by atomic mass is 32.1. The van der Waals surface area contributed by atoms with Crippen LogP contribution in [0.3, 0.4) is 0 Å². The first-order valence-electron chi connectivity index (χ1n) is 6.72. The number of hydrogen-bond acceptors (Lipinski definition) is 5. The van der Waals surface area contributed by atoms with Crippen molar-refractivity contribution in [3.8, 4) is 0 Å². The minimum Gasteiger partial charge on any atom is -0.354 e. The third-order valence-corrected chi connectivity index (χ3v) is 4.37. The van der Waals surface area contributed by atoms with Gasteiger partial charge in [0.05, 0.1) is 12.7 Å². The van der Waals surface area contributed by atoms with Gasteiger partial charge in [-0.15, -0.1) is 10.2 Å². The molecule has 21 heavy (non-hydrogen) atoms. The van der Waals surface area contributed by atoms with Crippen LogP contribution in [0, 0.1) is 0 Å². The van der Waals surface area contributed by atoms with Crippen LogP contribution in [0.2, 0.25) is 0 Å². The summed E-state index contributed by atoms with van der Waals surface area (Å²) in [7, 11) is 0. The fraction of sp³-hybridized carbons (Fsp3) is 0.583. The lowest BCUT2D eigenvalue weighted by molar-refractivity contribution is -0.134. The van der Waals surface area contributed by atoms with Crippen molar-refractivity contribution in [1.29, 1.82) is 0 Å². The topological polar surface area (TPSA) is 55.6 Å². The van der Waals surface area contributed by atoms with Crippen molar-refractivity contribution in [2.75, 3.05) is 5.32 Å². The first-order valence-corrected chi connectivity index (χ1v) is 7.53. The van der Waals surface area contributed by atoms with E-state index in [1.807, 2.05) is 0 Å². The van der Waals surface area contributed by atoms with Gasteiger partial charge in [-0.1, -0.05) is 17.8 Å². The highest BCUT2D eigenvalue weighted by Gasteiger charge is 2.33. The maximum absolute atomic E-state index is 12.5. The number of rotatable bonds is 3. The van der Waals surface area contributed by atoms with Crippen molar-refractivity contribution in [3.63, 3.8) is 0 Å². The van der Waals surface area contributed by atoms with E-state index in [0.717, 1.165) is 50.1 Å². The Kier molecular flexibility index (Phi) is 3.83. The number of alkyl halides is 3. The zero-order valence-electron chi connectivity index (χ0n) is 11.2. The molecule has 3 rings (SSSR count). The van der Waals surface area contributed by atoms with E-state index >= 15 is 0 Å². The van der Waals surface area contributed by atoms with Crippen molar-refractivity contribution >= 4 is 16.5 Å². The van der Waals surface area contributed by atoms with Crippen LogP contribution in [0.15, 0.2) is 6.20 Å². The summed E-state index contributed by atoms with van der Waals surface area (Å²) in [4.78, 5) is 3.04. The number of fused-ring (bicyclic) bond motifs is 1. The molecule has 3 heterocycles. The fourth-order valence-electron chi connectivity index (χ4n) is 2.32. The number of thiazole rings is 1. The summed E-state index contributed by atoms with van der Waals surface area (Å²) in [5.74, 6) is 1.70. The number of nitrogens with zero attached hydrogens (tertiary/aromatic N) is 4. The summed E-state index contributed by atoms with van der Waals surface area (Å²) in [5.41, 5.74) is 0. The van der Waals surface area contributed by atoms with Crippen LogP contribution in [-0.4, -0.2) is 19.7 Å². The molecule has 0 saturated heterocycles. The minimum atomic E-state index is -4.34. The molecule has 0 fully saturated rings. The molecule has 0 aliphatic carbocycles. The van der Waals surface area contributed by atoms with Crippen molar-refractivity contribution < 1.29 is 13.2 Å². The maximum Gasteiger partial charge on any atom is 0.427 e. The van der Waals surface area contributed by atoms with E-state index in [1.54, 1.807) is 0 Å². The summed E-state index contributed by atoms with van der Waals surface area (Å²) >= 11 is 0.599. The lowest BCUT2D eigenvalue weighted by Gasteiger charge is -2.07. The lowest BCUT2D eigenvalue weighted by Crippen LogP contribution is -2.10. The van der Waals surface area contributed by atoms with E-state index in [1.165, 1.54) is 0 Å². The zero-order valence-corrected chi connectivity index (χ0v) is 12.0. The van der Waals surface area contributed by atoms with Crippen LogP contribution in [-0.2, 0) is 25.7 Å². The number of halogens is 3. The van der Waals surface area contributed by atoms with E-state index in [2.05, 4.69) is 25.1 Å². The fourth-order valence-corrected chi connectivity index (χ4v) is 3.00. The molecule has 9 heteroatoms. The van der Waals surface area contributed by atoms with Gasteiger partial charge in [0, 0.05) is 13.0 Å². The largest absolute Gasteiger partial charge is 0.427 e. The molecule has 0 saturated carbocycles. The van der Waals surface area contributed by atoms with Gasteiger partial charge in [0.25, 0.3) is 0 Å². The molecule has 5 nitrogen and oxygen atoms in total. The van der Waals surface area contributed by atoms with E-state index in [4.69, 9.17) is 0 Å². The molecule has 0 unspecified atom stereocenters. The molecule has 114 valence electrons.